The lowest BCUT2D eigenvalue weighted by atomic mass is 9.99. The van der Waals surface area contributed by atoms with Crippen molar-refractivity contribution in [1.29, 1.82) is 0 Å². The van der Waals surface area contributed by atoms with Gasteiger partial charge in [-0.05, 0) is 57.5 Å². The molecule has 55 heavy (non-hydrogen) atoms. The highest BCUT2D eigenvalue weighted by molar-refractivity contribution is 6.41. The van der Waals surface area contributed by atoms with Crippen molar-refractivity contribution in [2.75, 3.05) is 92.2 Å². The molecule has 2 aromatic carbocycles. The number of nitrogens with zero attached hydrogens (tertiary/aromatic N) is 8. The van der Waals surface area contributed by atoms with Crippen LogP contribution in [0.4, 0.5) is 11.5 Å². The maximum absolute atomic E-state index is 13.5. The topological polar surface area (TPSA) is 138 Å². The number of methoxy groups -OCH3 is 2. The molecule has 15 heteroatoms. The van der Waals surface area contributed by atoms with Gasteiger partial charge in [-0.25, -0.2) is 9.97 Å². The fourth-order valence-electron chi connectivity index (χ4n) is 6.14. The molecule has 0 radical (unpaired) electrons. The van der Waals surface area contributed by atoms with E-state index in [1.54, 1.807) is 48.9 Å². The number of carbonyl (C=O) groups excluding carboxylic acids is 1. The van der Waals surface area contributed by atoms with Crippen molar-refractivity contribution in [3.05, 3.63) is 94.1 Å². The number of nitrogen functional groups attached to an aromatic ring is 1. The van der Waals surface area contributed by atoms with Gasteiger partial charge in [0.05, 0.1) is 59.1 Å². The van der Waals surface area contributed by atoms with Crippen molar-refractivity contribution in [3.8, 4) is 22.6 Å². The number of piperazine rings is 1. The molecule has 292 valence electrons. The van der Waals surface area contributed by atoms with E-state index in [1.165, 1.54) is 19.8 Å². The summed E-state index contributed by atoms with van der Waals surface area (Å²) in [5.74, 6) is 1.06. The lowest BCUT2D eigenvalue weighted by Crippen LogP contribution is -2.45. The molecule has 1 fully saturated rings. The molecule has 0 aliphatic carbocycles. The fraction of sp³-hybridized carbons (Fsp3) is 0.375. The smallest absolute Gasteiger partial charge is 0.257 e. The van der Waals surface area contributed by atoms with Gasteiger partial charge in [-0.3, -0.25) is 19.7 Å². The summed E-state index contributed by atoms with van der Waals surface area (Å²) in [6.45, 7) is 10.8. The van der Waals surface area contributed by atoms with Crippen molar-refractivity contribution >= 4 is 51.6 Å². The number of rotatable bonds is 13. The molecule has 3 N–H and O–H groups in total. The van der Waals surface area contributed by atoms with Crippen LogP contribution in [0.15, 0.2) is 67.3 Å². The summed E-state index contributed by atoms with van der Waals surface area (Å²) >= 11 is 13.5. The number of nitrogens with one attached hydrogen (secondary N) is 1. The number of halogens is 2. The Morgan fingerprint density at radius 3 is 2.20 bits per heavy atom. The summed E-state index contributed by atoms with van der Waals surface area (Å²) in [7, 11) is 9.32. The second-order valence-corrected chi connectivity index (χ2v) is 14.3. The van der Waals surface area contributed by atoms with Gasteiger partial charge in [-0.1, -0.05) is 42.3 Å². The molecule has 3 aromatic heterocycles. The number of anilines is 2. The van der Waals surface area contributed by atoms with E-state index in [-0.39, 0.29) is 5.91 Å². The number of hydrogen-bond donors (Lipinski definition) is 2. The average molecular weight is 790 g/mol. The summed E-state index contributed by atoms with van der Waals surface area (Å²) in [4.78, 5) is 40.6. The number of ether oxygens (including phenoxy) is 2. The zero-order valence-electron chi connectivity index (χ0n) is 32.4. The van der Waals surface area contributed by atoms with Gasteiger partial charge >= 0.3 is 0 Å². The predicted molar refractivity (Wildman–Crippen MR) is 221 cm³/mol. The van der Waals surface area contributed by atoms with E-state index >= 15 is 0 Å². The van der Waals surface area contributed by atoms with Gasteiger partial charge in [0.25, 0.3) is 5.91 Å². The van der Waals surface area contributed by atoms with Crippen LogP contribution in [0.3, 0.4) is 0 Å². The van der Waals surface area contributed by atoms with E-state index in [0.717, 1.165) is 58.1 Å². The Morgan fingerprint density at radius 1 is 0.891 bits per heavy atom. The van der Waals surface area contributed by atoms with Gasteiger partial charge in [0, 0.05) is 81.9 Å². The molecule has 13 nitrogen and oxygen atoms in total. The molecule has 1 saturated heterocycles. The summed E-state index contributed by atoms with van der Waals surface area (Å²) in [6, 6.07) is 12.5. The number of carbonyl (C=O) groups is 1. The third-order valence-corrected chi connectivity index (χ3v) is 10.0. The Labute approximate surface area is 333 Å². The molecular weight excluding hydrogens is 739 g/mol. The van der Waals surface area contributed by atoms with Crippen molar-refractivity contribution in [2.45, 2.75) is 20.0 Å². The Balaban J connectivity index is 0.000000325. The highest BCUT2D eigenvalue weighted by Crippen LogP contribution is 2.47. The van der Waals surface area contributed by atoms with E-state index in [1.807, 2.05) is 18.3 Å². The molecule has 5 aromatic rings. The molecule has 0 spiro atoms. The minimum atomic E-state index is -0.326. The number of pyridine rings is 2. The summed E-state index contributed by atoms with van der Waals surface area (Å²) in [6.07, 6.45) is 6.82. The van der Waals surface area contributed by atoms with Gasteiger partial charge in [0.2, 0.25) is 0 Å². The van der Waals surface area contributed by atoms with Gasteiger partial charge < -0.3 is 35.2 Å². The Bertz CT molecular complexity index is 2000. The van der Waals surface area contributed by atoms with Crippen LogP contribution < -0.4 is 20.5 Å². The Morgan fingerprint density at radius 2 is 1.60 bits per heavy atom. The largest absolute Gasteiger partial charge is 0.495 e. The van der Waals surface area contributed by atoms with Crippen molar-refractivity contribution < 1.29 is 14.3 Å². The molecule has 6 rings (SSSR count). The van der Waals surface area contributed by atoms with Crippen LogP contribution in [0.25, 0.3) is 22.2 Å². The number of nitrogens with two attached hydrogens (primary N) is 1. The van der Waals surface area contributed by atoms with Crippen molar-refractivity contribution in [3.63, 3.8) is 0 Å². The molecule has 0 bridgehead atoms. The number of likely N-dealkylation sites (N-methyl/N-ethyl adjacent to an activating group) is 3. The van der Waals surface area contributed by atoms with Crippen LogP contribution in [0, 0.1) is 0 Å². The number of amides is 1. The summed E-state index contributed by atoms with van der Waals surface area (Å²) in [5.41, 5.74) is 10.5. The van der Waals surface area contributed by atoms with Gasteiger partial charge in [0.15, 0.2) is 0 Å². The van der Waals surface area contributed by atoms with Gasteiger partial charge in [-0.2, -0.15) is 0 Å². The maximum Gasteiger partial charge on any atom is 0.257 e. The fourth-order valence-corrected chi connectivity index (χ4v) is 6.84. The van der Waals surface area contributed by atoms with Crippen molar-refractivity contribution in [2.24, 2.45) is 0 Å². The van der Waals surface area contributed by atoms with Crippen molar-refractivity contribution in [1.82, 2.24) is 39.5 Å². The molecule has 0 unspecified atom stereocenters. The average Bonchev–Trinajstić information content (AvgIpc) is 3.19. The van der Waals surface area contributed by atoms with E-state index in [9.17, 15) is 4.79 Å². The zero-order valence-corrected chi connectivity index (χ0v) is 33.9. The predicted octanol–water partition coefficient (Wildman–Crippen LogP) is 6.06. The summed E-state index contributed by atoms with van der Waals surface area (Å²) in [5, 5.41) is 3.52. The molecule has 1 aliphatic heterocycles. The monoisotopic (exact) mass is 788 g/mol. The molecule has 1 aliphatic rings. The number of aromatic nitrogens is 4. The van der Waals surface area contributed by atoms with Crippen LogP contribution in [0.2, 0.25) is 10.0 Å². The summed E-state index contributed by atoms with van der Waals surface area (Å²) < 4.78 is 11.0. The third-order valence-electron chi connectivity index (χ3n) is 9.28. The quantitative estimate of drug-likeness (QED) is 0.143. The number of fused-ring (bicyclic) bond motifs is 1. The second kappa shape index (κ2) is 19.8. The lowest BCUT2D eigenvalue weighted by Gasteiger charge is -2.33. The normalized spacial score (nSPS) is 13.5. The molecular formula is C40H50Cl2N10O3. The molecule has 0 atom stereocenters. The first kappa shape index (κ1) is 41.5. The van der Waals surface area contributed by atoms with E-state index in [0.29, 0.717) is 67.3 Å². The SMILES string of the molecule is CCN1CCN(Cc2cnc3c(-c4c(Cl)c(OC)cc(OC)c4Cl)ccc(C(=O)Nc4cccnc4)c3n2)CC1.CN(C)CCN(C)Cc1ccc(N)nc1. The Hall–Kier alpha value is -4.63. The Kier molecular flexibility index (Phi) is 15.0. The standard InChI is InChI=1S/C29H30Cl2N6O3.C11H20N4/c1-4-36-10-12-37(13-11-36)17-19-16-33-27-20(24-25(30)22(39-2)14-23(40-3)26(24)31)7-8-21(28(27)34-19)29(38)35-18-6-5-9-32-15-18;1-14(2)6-7-15(3)9-10-4-5-11(12)13-8-10/h5-9,14-16H,4,10-13,17H2,1-3H3,(H,35,38);4-5,8H,6-7,9H2,1-3H3,(H2,12,13). The van der Waals surface area contributed by atoms with E-state index < -0.39 is 0 Å². The van der Waals surface area contributed by atoms with Gasteiger partial charge in [0.1, 0.15) is 22.8 Å². The van der Waals surface area contributed by atoms with Crippen LogP contribution in [-0.4, -0.2) is 127 Å². The molecule has 0 saturated carbocycles. The number of hydrogen-bond acceptors (Lipinski definition) is 12. The molecule has 4 heterocycles. The first-order valence-electron chi connectivity index (χ1n) is 18.1. The molecule has 1 amide bonds. The first-order chi connectivity index (χ1) is 26.5. The minimum absolute atomic E-state index is 0.307. The van der Waals surface area contributed by atoms with E-state index in [2.05, 4.69) is 63.0 Å². The van der Waals surface area contributed by atoms with Gasteiger partial charge in [-0.15, -0.1) is 0 Å². The number of benzene rings is 2. The van der Waals surface area contributed by atoms with Crippen LogP contribution >= 0.6 is 23.2 Å². The third kappa shape index (κ3) is 11.0. The first-order valence-corrected chi connectivity index (χ1v) is 18.9. The highest BCUT2D eigenvalue weighted by atomic mass is 35.5. The lowest BCUT2D eigenvalue weighted by molar-refractivity contribution is 0.102. The zero-order chi connectivity index (χ0) is 39.5. The highest BCUT2D eigenvalue weighted by Gasteiger charge is 2.24. The van der Waals surface area contributed by atoms with Crippen LogP contribution in [0.1, 0.15) is 28.5 Å². The van der Waals surface area contributed by atoms with Crippen LogP contribution in [0.5, 0.6) is 11.5 Å². The van der Waals surface area contributed by atoms with Crippen LogP contribution in [-0.2, 0) is 13.1 Å². The second-order valence-electron chi connectivity index (χ2n) is 13.5. The minimum Gasteiger partial charge on any atom is -0.495 e. The van der Waals surface area contributed by atoms with E-state index in [4.69, 9.17) is 48.4 Å². The maximum atomic E-state index is 13.5.